The van der Waals surface area contributed by atoms with E-state index in [9.17, 15) is 0 Å². The van der Waals surface area contributed by atoms with Crippen molar-refractivity contribution in [2.75, 3.05) is 0 Å². The Balaban J connectivity index is 1.78. The summed E-state index contributed by atoms with van der Waals surface area (Å²) in [5.74, 6) is 0. The molecule has 2 aromatic heterocycles. The molecular formula is C11H13N3S2. The van der Waals surface area contributed by atoms with Crippen molar-refractivity contribution in [2.24, 2.45) is 5.73 Å². The Bertz CT molecular complexity index is 471. The molecule has 1 aliphatic rings. The van der Waals surface area contributed by atoms with Crippen molar-refractivity contribution in [2.45, 2.75) is 31.2 Å². The number of hydrogen-bond donors (Lipinski definition) is 1. The highest BCUT2D eigenvalue weighted by Gasteiger charge is 2.33. The molecule has 1 aliphatic carbocycles. The first-order chi connectivity index (χ1) is 7.75. The van der Waals surface area contributed by atoms with Gasteiger partial charge >= 0.3 is 0 Å². The number of rotatable bonds is 3. The molecule has 0 amide bonds. The van der Waals surface area contributed by atoms with Crippen LogP contribution in [0, 0.1) is 0 Å². The van der Waals surface area contributed by atoms with Crippen molar-refractivity contribution in [3.05, 3.63) is 22.0 Å². The monoisotopic (exact) mass is 251 g/mol. The van der Waals surface area contributed by atoms with Crippen molar-refractivity contribution in [1.82, 2.24) is 9.97 Å². The van der Waals surface area contributed by atoms with Crippen LogP contribution < -0.4 is 5.73 Å². The maximum absolute atomic E-state index is 6.21. The largest absolute Gasteiger partial charge is 0.325 e. The third kappa shape index (κ3) is 1.90. The smallest absolute Gasteiger partial charge is 0.142 e. The van der Waals surface area contributed by atoms with Crippen LogP contribution in [0.3, 0.4) is 0 Å². The average Bonchev–Trinajstić information content (AvgIpc) is 2.83. The number of aromatic nitrogens is 2. The highest BCUT2D eigenvalue weighted by atomic mass is 32.1. The number of nitrogens with zero attached hydrogens (tertiary/aromatic N) is 2. The van der Waals surface area contributed by atoms with Gasteiger partial charge in [0.2, 0.25) is 0 Å². The topological polar surface area (TPSA) is 51.8 Å². The van der Waals surface area contributed by atoms with Crippen LogP contribution in [0.15, 0.2) is 16.3 Å². The van der Waals surface area contributed by atoms with Gasteiger partial charge in [-0.2, -0.15) is 0 Å². The van der Waals surface area contributed by atoms with Gasteiger partial charge in [-0.3, -0.25) is 0 Å². The summed E-state index contributed by atoms with van der Waals surface area (Å²) in [5, 5.41) is 5.16. The van der Waals surface area contributed by atoms with Gasteiger partial charge in [0.25, 0.3) is 0 Å². The molecule has 0 spiro atoms. The van der Waals surface area contributed by atoms with E-state index in [1.54, 1.807) is 22.7 Å². The van der Waals surface area contributed by atoms with Crippen LogP contribution in [0.25, 0.3) is 10.7 Å². The van der Waals surface area contributed by atoms with Crippen LogP contribution in [0.5, 0.6) is 0 Å². The summed E-state index contributed by atoms with van der Waals surface area (Å²) in [7, 11) is 0. The Labute approximate surface area is 102 Å². The minimum atomic E-state index is 0.0212. The number of nitrogens with two attached hydrogens (primary N) is 1. The van der Waals surface area contributed by atoms with Gasteiger partial charge in [-0.15, -0.1) is 22.7 Å². The molecular weight excluding hydrogens is 238 g/mol. The number of hydrogen-bond acceptors (Lipinski definition) is 5. The van der Waals surface area contributed by atoms with E-state index < -0.39 is 0 Å². The van der Waals surface area contributed by atoms with E-state index in [2.05, 4.69) is 15.3 Å². The lowest BCUT2D eigenvalue weighted by atomic mass is 9.75. The van der Waals surface area contributed by atoms with Crippen LogP contribution in [0.4, 0.5) is 0 Å². The van der Waals surface area contributed by atoms with Crippen LogP contribution >= 0.6 is 22.7 Å². The second-order valence-electron chi connectivity index (χ2n) is 4.41. The minimum Gasteiger partial charge on any atom is -0.325 e. The summed E-state index contributed by atoms with van der Waals surface area (Å²) in [6.45, 7) is 0. The lowest BCUT2D eigenvalue weighted by molar-refractivity contribution is 0.246. The molecule has 2 heterocycles. The Morgan fingerprint density at radius 3 is 2.88 bits per heavy atom. The molecule has 0 aliphatic heterocycles. The van der Waals surface area contributed by atoms with E-state index in [-0.39, 0.29) is 5.54 Å². The van der Waals surface area contributed by atoms with Gasteiger partial charge in [-0.25, -0.2) is 9.97 Å². The van der Waals surface area contributed by atoms with E-state index in [0.29, 0.717) is 0 Å². The van der Waals surface area contributed by atoms with Crippen LogP contribution in [0.2, 0.25) is 0 Å². The summed E-state index contributed by atoms with van der Waals surface area (Å²) in [6.07, 6.45) is 4.44. The molecule has 0 aromatic carbocycles. The molecule has 1 saturated carbocycles. The van der Waals surface area contributed by atoms with Gasteiger partial charge in [-0.1, -0.05) is 0 Å². The highest BCUT2D eigenvalue weighted by molar-refractivity contribution is 7.13. The van der Waals surface area contributed by atoms with Crippen molar-refractivity contribution < 1.29 is 0 Å². The second-order valence-corrected chi connectivity index (χ2v) is 5.99. The third-order valence-electron chi connectivity index (χ3n) is 3.09. The molecule has 0 saturated heterocycles. The predicted molar refractivity (Wildman–Crippen MR) is 67.7 cm³/mol. The Kier molecular flexibility index (Phi) is 2.53. The first kappa shape index (κ1) is 10.4. The lowest BCUT2D eigenvalue weighted by Gasteiger charge is -2.37. The van der Waals surface area contributed by atoms with Crippen molar-refractivity contribution in [1.29, 1.82) is 0 Å². The summed E-state index contributed by atoms with van der Waals surface area (Å²) >= 11 is 3.26. The van der Waals surface area contributed by atoms with Crippen molar-refractivity contribution in [3.8, 4) is 10.7 Å². The molecule has 0 radical (unpaired) electrons. The highest BCUT2D eigenvalue weighted by Crippen LogP contribution is 2.33. The molecule has 0 bridgehead atoms. The zero-order valence-electron chi connectivity index (χ0n) is 8.85. The second kappa shape index (κ2) is 3.91. The molecule has 2 aromatic rings. The predicted octanol–water partition coefficient (Wildman–Crippen LogP) is 2.69. The molecule has 1 fully saturated rings. The van der Waals surface area contributed by atoms with E-state index in [0.717, 1.165) is 35.7 Å². The Morgan fingerprint density at radius 2 is 2.25 bits per heavy atom. The van der Waals surface area contributed by atoms with E-state index in [1.165, 1.54) is 6.42 Å². The van der Waals surface area contributed by atoms with Gasteiger partial charge in [0.15, 0.2) is 0 Å². The van der Waals surface area contributed by atoms with Gasteiger partial charge in [0, 0.05) is 22.7 Å². The maximum atomic E-state index is 6.21. The molecule has 5 heteroatoms. The zero-order valence-corrected chi connectivity index (χ0v) is 10.5. The SMILES string of the molecule is NC1(Cc2csc(-c3cscn3)n2)CCC1. The van der Waals surface area contributed by atoms with E-state index in [4.69, 9.17) is 5.73 Å². The first-order valence-corrected chi connectivity index (χ1v) is 7.19. The van der Waals surface area contributed by atoms with Crippen LogP contribution in [-0.2, 0) is 6.42 Å². The third-order valence-corrected chi connectivity index (χ3v) is 4.59. The average molecular weight is 251 g/mol. The van der Waals surface area contributed by atoms with Gasteiger partial charge in [0.05, 0.1) is 11.2 Å². The quantitative estimate of drug-likeness (QED) is 0.912. The molecule has 16 heavy (non-hydrogen) atoms. The van der Waals surface area contributed by atoms with Crippen molar-refractivity contribution >= 4 is 22.7 Å². The van der Waals surface area contributed by atoms with E-state index >= 15 is 0 Å². The van der Waals surface area contributed by atoms with Gasteiger partial charge < -0.3 is 5.73 Å². The molecule has 84 valence electrons. The first-order valence-electron chi connectivity index (χ1n) is 5.37. The Morgan fingerprint density at radius 1 is 1.38 bits per heavy atom. The molecule has 2 N–H and O–H groups in total. The normalized spacial score (nSPS) is 18.3. The Hall–Kier alpha value is -0.780. The molecule has 3 rings (SSSR count). The molecule has 3 nitrogen and oxygen atoms in total. The summed E-state index contributed by atoms with van der Waals surface area (Å²) < 4.78 is 0. The fourth-order valence-corrected chi connectivity index (χ4v) is 3.39. The molecule has 0 unspecified atom stereocenters. The fraction of sp³-hybridized carbons (Fsp3) is 0.455. The maximum Gasteiger partial charge on any atom is 0.142 e. The van der Waals surface area contributed by atoms with Crippen LogP contribution in [-0.4, -0.2) is 15.5 Å². The van der Waals surface area contributed by atoms with Gasteiger partial charge in [0.1, 0.15) is 10.7 Å². The minimum absolute atomic E-state index is 0.0212. The fourth-order valence-electron chi connectivity index (χ4n) is 1.99. The van der Waals surface area contributed by atoms with Crippen LogP contribution in [0.1, 0.15) is 25.0 Å². The lowest BCUT2D eigenvalue weighted by Crippen LogP contribution is -2.48. The number of thiazole rings is 2. The van der Waals surface area contributed by atoms with Crippen molar-refractivity contribution in [3.63, 3.8) is 0 Å². The molecule has 0 atom stereocenters. The zero-order chi connectivity index (χ0) is 11.0. The summed E-state index contributed by atoms with van der Waals surface area (Å²) in [5.41, 5.74) is 10.2. The van der Waals surface area contributed by atoms with E-state index in [1.807, 2.05) is 10.9 Å². The summed E-state index contributed by atoms with van der Waals surface area (Å²) in [4.78, 5) is 8.87. The van der Waals surface area contributed by atoms with Gasteiger partial charge in [-0.05, 0) is 19.3 Å². The summed E-state index contributed by atoms with van der Waals surface area (Å²) in [6, 6.07) is 0. The standard InChI is InChI=1S/C11H13N3S2/c12-11(2-1-3-11)4-8-5-16-10(14-8)9-6-15-7-13-9/h5-7H,1-4,12H2.